The molecule has 1 heterocycles. The van der Waals surface area contributed by atoms with Crippen LogP contribution < -0.4 is 5.73 Å². The van der Waals surface area contributed by atoms with E-state index < -0.39 is 22.9 Å². The molecule has 2 rings (SSSR count). The Kier molecular flexibility index (Phi) is 3.32. The number of hydrogen-bond acceptors (Lipinski definition) is 3. The van der Waals surface area contributed by atoms with Crippen LogP contribution in [0.25, 0.3) is 0 Å². The molecule has 7 heteroatoms. The molecular formula is C13H14BrF3N2O. The number of ether oxygens (including phenoxy) is 1. The van der Waals surface area contributed by atoms with Crippen molar-refractivity contribution in [3.8, 4) is 0 Å². The van der Waals surface area contributed by atoms with Gasteiger partial charge in [0.25, 0.3) is 6.02 Å². The fourth-order valence-corrected chi connectivity index (χ4v) is 2.69. The monoisotopic (exact) mass is 350 g/mol. The third-order valence-corrected chi connectivity index (χ3v) is 4.01. The number of hydrogen-bond donors (Lipinski definition) is 1. The Balaban J connectivity index is 2.74. The summed E-state index contributed by atoms with van der Waals surface area (Å²) in [5, 5.41) is 0. The average Bonchev–Trinajstić information content (AvgIpc) is 2.29. The van der Waals surface area contributed by atoms with Gasteiger partial charge < -0.3 is 10.5 Å². The van der Waals surface area contributed by atoms with Gasteiger partial charge in [0.1, 0.15) is 5.82 Å². The first kappa shape index (κ1) is 15.2. The van der Waals surface area contributed by atoms with Crippen LogP contribution in [0.2, 0.25) is 0 Å². The molecule has 110 valence electrons. The van der Waals surface area contributed by atoms with E-state index >= 15 is 0 Å². The third kappa shape index (κ3) is 1.99. The number of benzene rings is 1. The van der Waals surface area contributed by atoms with Gasteiger partial charge in [-0.1, -0.05) is 15.9 Å². The van der Waals surface area contributed by atoms with Gasteiger partial charge in [0.15, 0.2) is 11.1 Å². The van der Waals surface area contributed by atoms with Gasteiger partial charge in [-0.15, -0.1) is 0 Å². The lowest BCUT2D eigenvalue weighted by atomic mass is 9.77. The average molecular weight is 351 g/mol. The van der Waals surface area contributed by atoms with Crippen molar-refractivity contribution >= 4 is 22.0 Å². The van der Waals surface area contributed by atoms with Gasteiger partial charge >= 0.3 is 5.92 Å². The van der Waals surface area contributed by atoms with E-state index in [1.807, 2.05) is 0 Å². The van der Waals surface area contributed by atoms with Crippen molar-refractivity contribution in [2.45, 2.75) is 37.8 Å². The van der Waals surface area contributed by atoms with Crippen molar-refractivity contribution in [1.29, 1.82) is 0 Å². The summed E-state index contributed by atoms with van der Waals surface area (Å²) in [5.41, 5.74) is 1.21. The van der Waals surface area contributed by atoms with Crippen LogP contribution in [0.5, 0.6) is 0 Å². The Hall–Kier alpha value is -1.24. The van der Waals surface area contributed by atoms with Gasteiger partial charge in [-0.2, -0.15) is 8.78 Å². The van der Waals surface area contributed by atoms with E-state index in [1.165, 1.54) is 26.0 Å². The van der Waals surface area contributed by atoms with E-state index in [-0.39, 0.29) is 11.6 Å². The largest absolute Gasteiger partial charge is 0.453 e. The molecule has 1 aliphatic heterocycles. The van der Waals surface area contributed by atoms with Crippen LogP contribution in [0.15, 0.2) is 27.7 Å². The first-order chi connectivity index (χ1) is 9.01. The molecule has 0 aliphatic carbocycles. The van der Waals surface area contributed by atoms with Gasteiger partial charge in [-0.3, -0.25) is 0 Å². The molecule has 20 heavy (non-hydrogen) atoms. The lowest BCUT2D eigenvalue weighted by Gasteiger charge is -2.46. The Morgan fingerprint density at radius 3 is 2.45 bits per heavy atom. The van der Waals surface area contributed by atoms with Crippen LogP contribution in [0.3, 0.4) is 0 Å². The summed E-state index contributed by atoms with van der Waals surface area (Å²) in [6.07, 6.45) is 0. The quantitative estimate of drug-likeness (QED) is 0.841. The van der Waals surface area contributed by atoms with Gasteiger partial charge in [0.05, 0.1) is 0 Å². The summed E-state index contributed by atoms with van der Waals surface area (Å²) >= 11 is 3.15. The Labute approximate surface area is 123 Å². The predicted molar refractivity (Wildman–Crippen MR) is 73.2 cm³/mol. The highest BCUT2D eigenvalue weighted by molar-refractivity contribution is 9.10. The maximum Gasteiger partial charge on any atom is 0.315 e. The highest BCUT2D eigenvalue weighted by atomic mass is 79.9. The molecule has 0 saturated carbocycles. The van der Waals surface area contributed by atoms with E-state index in [4.69, 9.17) is 10.5 Å². The molecule has 0 unspecified atom stereocenters. The van der Waals surface area contributed by atoms with Crippen LogP contribution in [-0.4, -0.2) is 17.5 Å². The van der Waals surface area contributed by atoms with Crippen molar-refractivity contribution in [2.75, 3.05) is 0 Å². The molecule has 1 atom stereocenters. The second kappa shape index (κ2) is 4.38. The van der Waals surface area contributed by atoms with Crippen LogP contribution in [0.4, 0.5) is 13.2 Å². The summed E-state index contributed by atoms with van der Waals surface area (Å²) in [4.78, 5) is 3.70. The van der Waals surface area contributed by atoms with Gasteiger partial charge in [-0.05, 0) is 39.0 Å². The summed E-state index contributed by atoms with van der Waals surface area (Å²) in [6, 6.07) is 3.43. The molecule has 0 aromatic heterocycles. The molecule has 0 bridgehead atoms. The van der Waals surface area contributed by atoms with Crippen LogP contribution in [0.1, 0.15) is 26.3 Å². The lowest BCUT2D eigenvalue weighted by molar-refractivity contribution is -0.207. The highest BCUT2D eigenvalue weighted by Gasteiger charge is 2.66. The second-order valence-electron chi connectivity index (χ2n) is 5.33. The van der Waals surface area contributed by atoms with E-state index in [1.54, 1.807) is 0 Å². The Bertz CT molecular complexity index is 589. The van der Waals surface area contributed by atoms with Crippen molar-refractivity contribution < 1.29 is 17.9 Å². The number of aliphatic imine (C=N–C) groups is 1. The lowest BCUT2D eigenvalue weighted by Crippen LogP contribution is -2.62. The maximum absolute atomic E-state index is 14.7. The second-order valence-corrected chi connectivity index (χ2v) is 6.25. The van der Waals surface area contributed by atoms with E-state index in [2.05, 4.69) is 20.9 Å². The maximum atomic E-state index is 14.7. The molecule has 1 aromatic rings. The van der Waals surface area contributed by atoms with Gasteiger partial charge in [-0.25, -0.2) is 9.38 Å². The summed E-state index contributed by atoms with van der Waals surface area (Å²) in [7, 11) is 0. The molecule has 0 radical (unpaired) electrons. The fraction of sp³-hybridized carbons (Fsp3) is 0.462. The summed E-state index contributed by atoms with van der Waals surface area (Å²) in [5.74, 6) is -4.23. The Morgan fingerprint density at radius 1 is 1.25 bits per heavy atom. The molecule has 1 aromatic carbocycles. The Morgan fingerprint density at radius 2 is 1.85 bits per heavy atom. The van der Waals surface area contributed by atoms with Gasteiger partial charge in [0.2, 0.25) is 0 Å². The van der Waals surface area contributed by atoms with Crippen LogP contribution in [-0.2, 0) is 10.3 Å². The van der Waals surface area contributed by atoms with E-state index in [9.17, 15) is 13.2 Å². The zero-order chi connectivity index (χ0) is 15.3. The molecule has 0 fully saturated rings. The van der Waals surface area contributed by atoms with Crippen molar-refractivity contribution in [3.63, 3.8) is 0 Å². The first-order valence-corrected chi connectivity index (χ1v) is 6.68. The molecule has 0 amide bonds. The number of rotatable bonds is 1. The number of halogens is 4. The minimum atomic E-state index is -3.45. The van der Waals surface area contributed by atoms with Crippen molar-refractivity contribution in [2.24, 2.45) is 10.7 Å². The normalized spacial score (nSPS) is 27.6. The number of nitrogens with zero attached hydrogens (tertiary/aromatic N) is 1. The SMILES string of the molecule is CC1(C)OC(N)=N[C@](C)(c2cc(Br)ccc2F)C1(F)F. The van der Waals surface area contributed by atoms with E-state index in [0.29, 0.717) is 4.47 Å². The van der Waals surface area contributed by atoms with Gasteiger partial charge in [0, 0.05) is 10.0 Å². The molecule has 0 saturated heterocycles. The number of nitrogens with two attached hydrogens (primary N) is 1. The minimum absolute atomic E-state index is 0.240. The molecule has 0 spiro atoms. The minimum Gasteiger partial charge on any atom is -0.453 e. The smallest absolute Gasteiger partial charge is 0.315 e. The first-order valence-electron chi connectivity index (χ1n) is 5.89. The number of alkyl halides is 2. The molecule has 2 N–H and O–H groups in total. The summed E-state index contributed by atoms with van der Waals surface area (Å²) < 4.78 is 48.9. The predicted octanol–water partition coefficient (Wildman–Crippen LogP) is 3.56. The van der Waals surface area contributed by atoms with Crippen LogP contribution in [0, 0.1) is 5.82 Å². The zero-order valence-electron chi connectivity index (χ0n) is 11.2. The molecular weight excluding hydrogens is 337 g/mol. The van der Waals surface area contributed by atoms with Crippen LogP contribution >= 0.6 is 15.9 Å². The summed E-state index contributed by atoms with van der Waals surface area (Å²) in [6.45, 7) is 3.54. The fourth-order valence-electron chi connectivity index (χ4n) is 2.33. The van der Waals surface area contributed by atoms with Crippen molar-refractivity contribution in [3.05, 3.63) is 34.1 Å². The third-order valence-electron chi connectivity index (χ3n) is 3.51. The standard InChI is InChI=1S/C13H14BrF3N2O/c1-11(2)13(16,17)12(3,19-10(18)20-11)8-6-7(14)4-5-9(8)15/h4-6H,1-3H3,(H2,18,19)/t12-/m1/s1. The number of amidine groups is 1. The van der Waals surface area contributed by atoms with E-state index in [0.717, 1.165) is 13.0 Å². The van der Waals surface area contributed by atoms with Crippen molar-refractivity contribution in [1.82, 2.24) is 0 Å². The highest BCUT2D eigenvalue weighted by Crippen LogP contribution is 2.51. The zero-order valence-corrected chi connectivity index (χ0v) is 12.8. The molecule has 1 aliphatic rings. The topological polar surface area (TPSA) is 47.6 Å². The molecule has 3 nitrogen and oxygen atoms in total.